The monoisotopic (exact) mass is 176 g/mol. The number of hydrogen-bond acceptors (Lipinski definition) is 2. The SMILES string of the molecule is CNC1C(=O)N(C)c2ccccc21. The summed E-state index contributed by atoms with van der Waals surface area (Å²) in [6.45, 7) is 0. The number of anilines is 1. The van der Waals surface area contributed by atoms with Gasteiger partial charge in [-0.3, -0.25) is 4.79 Å². The van der Waals surface area contributed by atoms with Gasteiger partial charge in [0.05, 0.1) is 0 Å². The van der Waals surface area contributed by atoms with Crippen molar-refractivity contribution in [1.29, 1.82) is 0 Å². The second-order valence-electron chi connectivity index (χ2n) is 3.18. The largest absolute Gasteiger partial charge is 0.313 e. The van der Waals surface area contributed by atoms with Gasteiger partial charge in [-0.2, -0.15) is 0 Å². The number of nitrogens with one attached hydrogen (secondary N) is 1. The molecule has 0 aromatic heterocycles. The lowest BCUT2D eigenvalue weighted by molar-refractivity contribution is -0.119. The van der Waals surface area contributed by atoms with Crippen LogP contribution in [0, 0.1) is 0 Å². The Morgan fingerprint density at radius 1 is 1.38 bits per heavy atom. The van der Waals surface area contributed by atoms with Crippen molar-refractivity contribution in [3.05, 3.63) is 29.8 Å². The fourth-order valence-corrected chi connectivity index (χ4v) is 1.76. The number of para-hydroxylation sites is 1. The van der Waals surface area contributed by atoms with Crippen LogP contribution >= 0.6 is 0 Å². The van der Waals surface area contributed by atoms with Crippen LogP contribution in [0.3, 0.4) is 0 Å². The van der Waals surface area contributed by atoms with Crippen molar-refractivity contribution in [2.24, 2.45) is 0 Å². The summed E-state index contributed by atoms with van der Waals surface area (Å²) in [5.41, 5.74) is 2.07. The molecule has 1 atom stereocenters. The Hall–Kier alpha value is -1.35. The number of likely N-dealkylation sites (N-methyl/N-ethyl adjacent to an activating group) is 2. The highest BCUT2D eigenvalue weighted by molar-refractivity contribution is 6.04. The number of hydrogen-bond donors (Lipinski definition) is 1. The Morgan fingerprint density at radius 3 is 2.77 bits per heavy atom. The highest BCUT2D eigenvalue weighted by Crippen LogP contribution is 2.33. The standard InChI is InChI=1S/C10H12N2O/c1-11-9-7-5-3-4-6-8(7)12(2)10(9)13/h3-6,9,11H,1-2H3. The summed E-state index contributed by atoms with van der Waals surface area (Å²) in [5, 5.41) is 3.01. The van der Waals surface area contributed by atoms with Crippen molar-refractivity contribution in [2.45, 2.75) is 6.04 Å². The minimum Gasteiger partial charge on any atom is -0.313 e. The van der Waals surface area contributed by atoms with Crippen LogP contribution in [-0.2, 0) is 4.79 Å². The lowest BCUT2D eigenvalue weighted by atomic mass is 10.1. The third-order valence-electron chi connectivity index (χ3n) is 2.48. The molecule has 0 spiro atoms. The molecule has 3 heteroatoms. The Bertz CT molecular complexity index is 349. The van der Waals surface area contributed by atoms with Gasteiger partial charge in [-0.25, -0.2) is 0 Å². The molecule has 1 unspecified atom stereocenters. The summed E-state index contributed by atoms with van der Waals surface area (Å²) in [6.07, 6.45) is 0. The lowest BCUT2D eigenvalue weighted by Crippen LogP contribution is -2.30. The Kier molecular flexibility index (Phi) is 1.81. The predicted octanol–water partition coefficient (Wildman–Crippen LogP) is 0.923. The van der Waals surface area contributed by atoms with Gasteiger partial charge in [-0.15, -0.1) is 0 Å². The number of benzene rings is 1. The molecular formula is C10H12N2O. The third-order valence-corrected chi connectivity index (χ3v) is 2.48. The van der Waals surface area contributed by atoms with E-state index in [0.717, 1.165) is 11.3 Å². The average Bonchev–Trinajstić information content (AvgIpc) is 2.41. The number of nitrogens with zero attached hydrogens (tertiary/aromatic N) is 1. The number of carbonyl (C=O) groups is 1. The second-order valence-corrected chi connectivity index (χ2v) is 3.18. The number of fused-ring (bicyclic) bond motifs is 1. The minimum atomic E-state index is -0.166. The molecular weight excluding hydrogens is 164 g/mol. The van der Waals surface area contributed by atoms with Gasteiger partial charge in [0.15, 0.2) is 0 Å². The molecule has 1 amide bonds. The van der Waals surface area contributed by atoms with Gasteiger partial charge in [0.2, 0.25) is 5.91 Å². The van der Waals surface area contributed by atoms with Crippen molar-refractivity contribution in [3.8, 4) is 0 Å². The maximum atomic E-state index is 11.7. The molecule has 0 bridgehead atoms. The molecule has 0 saturated heterocycles. The van der Waals surface area contributed by atoms with E-state index in [-0.39, 0.29) is 11.9 Å². The van der Waals surface area contributed by atoms with Crippen molar-refractivity contribution in [3.63, 3.8) is 0 Å². The maximum Gasteiger partial charge on any atom is 0.248 e. The Labute approximate surface area is 77.4 Å². The van der Waals surface area contributed by atoms with Crippen LogP contribution in [0.25, 0.3) is 0 Å². The predicted molar refractivity (Wildman–Crippen MR) is 51.7 cm³/mol. The summed E-state index contributed by atoms with van der Waals surface area (Å²) in [4.78, 5) is 13.3. The molecule has 0 fully saturated rings. The molecule has 1 heterocycles. The van der Waals surface area contributed by atoms with E-state index in [2.05, 4.69) is 5.32 Å². The van der Waals surface area contributed by atoms with Crippen LogP contribution in [0.15, 0.2) is 24.3 Å². The van der Waals surface area contributed by atoms with Crippen LogP contribution in [0.1, 0.15) is 11.6 Å². The summed E-state index contributed by atoms with van der Waals surface area (Å²) in [6, 6.07) is 7.68. The van der Waals surface area contributed by atoms with Gasteiger partial charge in [0.1, 0.15) is 6.04 Å². The van der Waals surface area contributed by atoms with Gasteiger partial charge in [0, 0.05) is 18.3 Å². The summed E-state index contributed by atoms with van der Waals surface area (Å²) < 4.78 is 0. The zero-order valence-corrected chi connectivity index (χ0v) is 7.74. The number of amides is 1. The topological polar surface area (TPSA) is 32.3 Å². The van der Waals surface area contributed by atoms with Gasteiger partial charge in [-0.1, -0.05) is 18.2 Å². The van der Waals surface area contributed by atoms with E-state index < -0.39 is 0 Å². The number of carbonyl (C=O) groups excluding carboxylic acids is 1. The van der Waals surface area contributed by atoms with Crippen LogP contribution < -0.4 is 10.2 Å². The van der Waals surface area contributed by atoms with E-state index in [9.17, 15) is 4.79 Å². The molecule has 1 aliphatic rings. The lowest BCUT2D eigenvalue weighted by Gasteiger charge is -2.09. The first-order valence-electron chi connectivity index (χ1n) is 4.29. The maximum absolute atomic E-state index is 11.7. The molecule has 2 rings (SSSR count). The molecule has 0 aliphatic carbocycles. The Balaban J connectivity index is 2.53. The molecule has 1 aliphatic heterocycles. The zero-order chi connectivity index (χ0) is 9.42. The molecule has 1 N–H and O–H groups in total. The molecule has 68 valence electrons. The second kappa shape index (κ2) is 2.85. The first-order chi connectivity index (χ1) is 6.25. The highest BCUT2D eigenvalue weighted by atomic mass is 16.2. The fraction of sp³-hybridized carbons (Fsp3) is 0.300. The van der Waals surface area contributed by atoms with Gasteiger partial charge >= 0.3 is 0 Å². The van der Waals surface area contributed by atoms with Crippen molar-refractivity contribution >= 4 is 11.6 Å². The van der Waals surface area contributed by atoms with E-state index in [1.165, 1.54) is 0 Å². The van der Waals surface area contributed by atoms with E-state index in [1.807, 2.05) is 24.3 Å². The van der Waals surface area contributed by atoms with E-state index in [0.29, 0.717) is 0 Å². The van der Waals surface area contributed by atoms with Crippen molar-refractivity contribution in [1.82, 2.24) is 5.32 Å². The fourth-order valence-electron chi connectivity index (χ4n) is 1.76. The van der Waals surface area contributed by atoms with E-state index >= 15 is 0 Å². The van der Waals surface area contributed by atoms with Crippen molar-refractivity contribution < 1.29 is 4.79 Å². The molecule has 13 heavy (non-hydrogen) atoms. The molecule has 0 radical (unpaired) electrons. The highest BCUT2D eigenvalue weighted by Gasteiger charge is 2.33. The van der Waals surface area contributed by atoms with Crippen LogP contribution in [0.4, 0.5) is 5.69 Å². The van der Waals surface area contributed by atoms with E-state index in [4.69, 9.17) is 0 Å². The van der Waals surface area contributed by atoms with Crippen LogP contribution in [-0.4, -0.2) is 20.0 Å². The molecule has 3 nitrogen and oxygen atoms in total. The Morgan fingerprint density at radius 2 is 2.08 bits per heavy atom. The average molecular weight is 176 g/mol. The molecule has 1 aromatic carbocycles. The van der Waals surface area contributed by atoms with Gasteiger partial charge in [0.25, 0.3) is 0 Å². The summed E-state index contributed by atoms with van der Waals surface area (Å²) in [7, 11) is 3.61. The first-order valence-corrected chi connectivity index (χ1v) is 4.29. The smallest absolute Gasteiger partial charge is 0.248 e. The number of rotatable bonds is 1. The van der Waals surface area contributed by atoms with E-state index in [1.54, 1.807) is 19.0 Å². The third kappa shape index (κ3) is 1.04. The van der Waals surface area contributed by atoms with Gasteiger partial charge in [-0.05, 0) is 13.1 Å². The van der Waals surface area contributed by atoms with Gasteiger partial charge < -0.3 is 10.2 Å². The summed E-state index contributed by atoms with van der Waals surface area (Å²) >= 11 is 0. The zero-order valence-electron chi connectivity index (χ0n) is 7.74. The molecule has 0 saturated carbocycles. The minimum absolute atomic E-state index is 0.115. The molecule has 1 aromatic rings. The van der Waals surface area contributed by atoms with Crippen LogP contribution in [0.2, 0.25) is 0 Å². The van der Waals surface area contributed by atoms with Crippen molar-refractivity contribution in [2.75, 3.05) is 19.0 Å². The van der Waals surface area contributed by atoms with Crippen LogP contribution in [0.5, 0.6) is 0 Å². The summed E-state index contributed by atoms with van der Waals surface area (Å²) in [5.74, 6) is 0.115. The quantitative estimate of drug-likeness (QED) is 0.690. The normalized spacial score (nSPS) is 20.6. The first kappa shape index (κ1) is 8.26.